The molecule has 1 N–H and O–H groups in total. The molecule has 2 aromatic rings. The monoisotopic (exact) mass is 366 g/mol. The minimum atomic E-state index is -0.621. The second kappa shape index (κ2) is 7.82. The second-order valence-electron chi connectivity index (χ2n) is 7.15. The van der Waals surface area contributed by atoms with Gasteiger partial charge in [-0.15, -0.1) is 0 Å². The molecule has 0 aromatic heterocycles. The summed E-state index contributed by atoms with van der Waals surface area (Å²) in [5, 5.41) is 2.87. The van der Waals surface area contributed by atoms with Crippen molar-refractivity contribution in [2.45, 2.75) is 46.6 Å². The Morgan fingerprint density at radius 2 is 1.85 bits per heavy atom. The van der Waals surface area contributed by atoms with Crippen LogP contribution in [0.1, 0.15) is 36.5 Å². The zero-order chi connectivity index (χ0) is 19.6. The standard InChI is InChI=1S/C22H26N2O3/c1-14-12-15(2)16(3)20(13-14)27-17(4)22(26)23-18-7-9-19(10-8-18)24-11-5-6-21(24)25/h7-10,12-13,17H,5-6,11H2,1-4H3,(H,23,26)/t17-/m1/s1. The first kappa shape index (κ1) is 19.0. The molecule has 1 fully saturated rings. The Labute approximate surface area is 160 Å². The van der Waals surface area contributed by atoms with Crippen LogP contribution in [-0.4, -0.2) is 24.5 Å². The van der Waals surface area contributed by atoms with Crippen LogP contribution in [0.3, 0.4) is 0 Å². The Hall–Kier alpha value is -2.82. The van der Waals surface area contributed by atoms with Crippen LogP contribution in [0.4, 0.5) is 11.4 Å². The summed E-state index contributed by atoms with van der Waals surface area (Å²) >= 11 is 0. The van der Waals surface area contributed by atoms with Crippen LogP contribution in [-0.2, 0) is 9.59 Å². The van der Waals surface area contributed by atoms with Crippen molar-refractivity contribution in [3.8, 4) is 5.75 Å². The molecule has 2 amide bonds. The molecule has 1 atom stereocenters. The van der Waals surface area contributed by atoms with E-state index in [9.17, 15) is 9.59 Å². The lowest BCUT2D eigenvalue weighted by Crippen LogP contribution is -2.30. The van der Waals surface area contributed by atoms with Gasteiger partial charge in [-0.1, -0.05) is 6.07 Å². The molecule has 1 heterocycles. The molecule has 0 aliphatic carbocycles. The molecule has 27 heavy (non-hydrogen) atoms. The fourth-order valence-corrected chi connectivity index (χ4v) is 3.26. The van der Waals surface area contributed by atoms with E-state index in [1.807, 2.05) is 51.1 Å². The van der Waals surface area contributed by atoms with E-state index < -0.39 is 6.10 Å². The predicted molar refractivity (Wildman–Crippen MR) is 107 cm³/mol. The normalized spacial score (nSPS) is 15.0. The molecule has 0 spiro atoms. The number of nitrogens with zero attached hydrogens (tertiary/aromatic N) is 1. The first-order chi connectivity index (χ1) is 12.8. The van der Waals surface area contributed by atoms with Crippen LogP contribution in [0, 0.1) is 20.8 Å². The molecule has 1 aliphatic heterocycles. The number of benzene rings is 2. The van der Waals surface area contributed by atoms with Gasteiger partial charge in [0.25, 0.3) is 5.91 Å². The predicted octanol–water partition coefficient (Wildman–Crippen LogP) is 4.14. The highest BCUT2D eigenvalue weighted by Gasteiger charge is 2.22. The fraction of sp³-hybridized carbons (Fsp3) is 0.364. The van der Waals surface area contributed by atoms with Crippen molar-refractivity contribution in [1.29, 1.82) is 0 Å². The van der Waals surface area contributed by atoms with Gasteiger partial charge in [0.2, 0.25) is 5.91 Å². The Morgan fingerprint density at radius 3 is 2.48 bits per heavy atom. The summed E-state index contributed by atoms with van der Waals surface area (Å²) in [4.78, 5) is 26.1. The molecule has 3 rings (SSSR count). The number of anilines is 2. The molecular weight excluding hydrogens is 340 g/mol. The number of rotatable bonds is 5. The van der Waals surface area contributed by atoms with E-state index in [2.05, 4.69) is 11.4 Å². The maximum atomic E-state index is 12.5. The number of nitrogens with one attached hydrogen (secondary N) is 1. The van der Waals surface area contributed by atoms with Gasteiger partial charge in [-0.3, -0.25) is 9.59 Å². The Kier molecular flexibility index (Phi) is 5.49. The molecule has 1 aliphatic rings. The van der Waals surface area contributed by atoms with E-state index >= 15 is 0 Å². The first-order valence-corrected chi connectivity index (χ1v) is 9.31. The Morgan fingerprint density at radius 1 is 1.15 bits per heavy atom. The van der Waals surface area contributed by atoms with Gasteiger partial charge in [0.1, 0.15) is 5.75 Å². The Balaban J connectivity index is 1.64. The minimum absolute atomic E-state index is 0.151. The maximum absolute atomic E-state index is 12.5. The van der Waals surface area contributed by atoms with Crippen LogP contribution in [0.5, 0.6) is 5.75 Å². The van der Waals surface area contributed by atoms with Crippen molar-refractivity contribution in [3.05, 3.63) is 53.1 Å². The number of hydrogen-bond acceptors (Lipinski definition) is 3. The summed E-state index contributed by atoms with van der Waals surface area (Å²) in [5.41, 5.74) is 4.84. The summed E-state index contributed by atoms with van der Waals surface area (Å²) in [6.07, 6.45) is 0.875. The maximum Gasteiger partial charge on any atom is 0.265 e. The van der Waals surface area contributed by atoms with Gasteiger partial charge in [0, 0.05) is 24.3 Å². The molecule has 5 heteroatoms. The summed E-state index contributed by atoms with van der Waals surface area (Å²) in [6, 6.07) is 11.4. The number of hydrogen-bond donors (Lipinski definition) is 1. The molecule has 0 saturated carbocycles. The molecular formula is C22H26N2O3. The third-order valence-corrected chi connectivity index (χ3v) is 4.96. The van der Waals surface area contributed by atoms with Gasteiger partial charge in [-0.05, 0) is 81.1 Å². The largest absolute Gasteiger partial charge is 0.481 e. The van der Waals surface area contributed by atoms with Gasteiger partial charge in [-0.25, -0.2) is 0 Å². The minimum Gasteiger partial charge on any atom is -0.481 e. The van der Waals surface area contributed by atoms with Crippen molar-refractivity contribution in [2.75, 3.05) is 16.8 Å². The number of carbonyl (C=O) groups is 2. The van der Waals surface area contributed by atoms with Gasteiger partial charge >= 0.3 is 0 Å². The van der Waals surface area contributed by atoms with E-state index in [4.69, 9.17) is 4.74 Å². The SMILES string of the molecule is Cc1cc(C)c(C)c(O[C@H](C)C(=O)Nc2ccc(N3CCCC3=O)cc2)c1. The molecule has 142 valence electrons. The van der Waals surface area contributed by atoms with Crippen LogP contribution in [0.25, 0.3) is 0 Å². The topological polar surface area (TPSA) is 58.6 Å². The highest BCUT2D eigenvalue weighted by molar-refractivity contribution is 5.96. The Bertz CT molecular complexity index is 859. The van der Waals surface area contributed by atoms with Crippen molar-refractivity contribution >= 4 is 23.2 Å². The van der Waals surface area contributed by atoms with E-state index in [0.717, 1.165) is 41.1 Å². The van der Waals surface area contributed by atoms with Crippen molar-refractivity contribution in [2.24, 2.45) is 0 Å². The molecule has 0 unspecified atom stereocenters. The highest BCUT2D eigenvalue weighted by atomic mass is 16.5. The zero-order valence-corrected chi connectivity index (χ0v) is 16.3. The summed E-state index contributed by atoms with van der Waals surface area (Å²) in [7, 11) is 0. The van der Waals surface area contributed by atoms with E-state index in [1.54, 1.807) is 11.8 Å². The lowest BCUT2D eigenvalue weighted by molar-refractivity contribution is -0.122. The summed E-state index contributed by atoms with van der Waals surface area (Å²) in [6.45, 7) is 8.53. The van der Waals surface area contributed by atoms with Gasteiger partial charge in [0.15, 0.2) is 6.10 Å². The summed E-state index contributed by atoms with van der Waals surface area (Å²) < 4.78 is 5.89. The third kappa shape index (κ3) is 4.30. The molecule has 2 aromatic carbocycles. The number of ether oxygens (including phenoxy) is 1. The van der Waals surface area contributed by atoms with Gasteiger partial charge in [-0.2, -0.15) is 0 Å². The zero-order valence-electron chi connectivity index (χ0n) is 16.3. The van der Waals surface area contributed by atoms with Gasteiger partial charge in [0.05, 0.1) is 0 Å². The van der Waals surface area contributed by atoms with Crippen LogP contribution in [0.2, 0.25) is 0 Å². The number of carbonyl (C=O) groups excluding carboxylic acids is 2. The average Bonchev–Trinajstić information content (AvgIpc) is 3.05. The smallest absolute Gasteiger partial charge is 0.265 e. The molecule has 0 radical (unpaired) electrons. The average molecular weight is 366 g/mol. The van der Waals surface area contributed by atoms with E-state index in [1.165, 1.54) is 0 Å². The van der Waals surface area contributed by atoms with Crippen molar-refractivity contribution < 1.29 is 14.3 Å². The lowest BCUT2D eigenvalue weighted by atomic mass is 10.1. The van der Waals surface area contributed by atoms with Gasteiger partial charge < -0.3 is 15.0 Å². The molecule has 1 saturated heterocycles. The fourth-order valence-electron chi connectivity index (χ4n) is 3.26. The van der Waals surface area contributed by atoms with E-state index in [0.29, 0.717) is 12.1 Å². The van der Waals surface area contributed by atoms with Crippen LogP contribution >= 0.6 is 0 Å². The van der Waals surface area contributed by atoms with E-state index in [-0.39, 0.29) is 11.8 Å². The number of amides is 2. The van der Waals surface area contributed by atoms with Crippen LogP contribution in [0.15, 0.2) is 36.4 Å². The van der Waals surface area contributed by atoms with Crippen molar-refractivity contribution in [1.82, 2.24) is 0 Å². The highest BCUT2D eigenvalue weighted by Crippen LogP contribution is 2.25. The van der Waals surface area contributed by atoms with Crippen molar-refractivity contribution in [3.63, 3.8) is 0 Å². The number of aryl methyl sites for hydroxylation is 2. The summed E-state index contributed by atoms with van der Waals surface area (Å²) in [5.74, 6) is 0.675. The second-order valence-corrected chi connectivity index (χ2v) is 7.15. The quantitative estimate of drug-likeness (QED) is 0.865. The molecule has 0 bridgehead atoms. The first-order valence-electron chi connectivity index (χ1n) is 9.31. The molecule has 5 nitrogen and oxygen atoms in total. The van der Waals surface area contributed by atoms with Crippen LogP contribution < -0.4 is 15.0 Å². The third-order valence-electron chi connectivity index (χ3n) is 4.96. The lowest BCUT2D eigenvalue weighted by Gasteiger charge is -2.19.